The molecule has 0 aromatic heterocycles. The fourth-order valence-corrected chi connectivity index (χ4v) is 3.34. The van der Waals surface area contributed by atoms with Crippen LogP contribution in [0.15, 0.2) is 48.5 Å². The quantitative estimate of drug-likeness (QED) is 0.858. The molecule has 0 bridgehead atoms. The summed E-state index contributed by atoms with van der Waals surface area (Å²) in [5, 5.41) is 13.7. The third-order valence-electron chi connectivity index (χ3n) is 3.56. The summed E-state index contributed by atoms with van der Waals surface area (Å²) >= 11 is 0. The maximum atomic E-state index is 8.77. The molecular formula is C18H22N2Si. The van der Waals surface area contributed by atoms with E-state index in [2.05, 4.69) is 55.3 Å². The van der Waals surface area contributed by atoms with Gasteiger partial charge in [-0.2, -0.15) is 5.26 Å². The van der Waals surface area contributed by atoms with Crippen LogP contribution in [0.5, 0.6) is 0 Å². The van der Waals surface area contributed by atoms with Crippen molar-refractivity contribution in [2.75, 3.05) is 0 Å². The third kappa shape index (κ3) is 4.56. The fraction of sp³-hybridized carbons (Fsp3) is 0.278. The van der Waals surface area contributed by atoms with E-state index in [-0.39, 0.29) is 0 Å². The maximum Gasteiger partial charge on any atom is 0.0991 e. The zero-order valence-corrected chi connectivity index (χ0v) is 14.0. The van der Waals surface area contributed by atoms with Crippen molar-refractivity contribution >= 4 is 13.3 Å². The van der Waals surface area contributed by atoms with E-state index in [1.54, 1.807) is 0 Å². The largest absolute Gasteiger partial charge is 0.309 e. The van der Waals surface area contributed by atoms with Crippen molar-refractivity contribution in [1.29, 1.82) is 5.26 Å². The first-order valence-corrected chi connectivity index (χ1v) is 10.8. The van der Waals surface area contributed by atoms with Crippen LogP contribution in [0.1, 0.15) is 16.7 Å². The van der Waals surface area contributed by atoms with E-state index < -0.39 is 8.07 Å². The standard InChI is InChI=1S/C18H22N2Si/c1-21(2,3)18-10-8-17(9-11-18)14-20-13-16-6-4-15(12-19)5-7-16/h4-11,20H,13-14H2,1-3H3. The van der Waals surface area contributed by atoms with Gasteiger partial charge in [0, 0.05) is 13.1 Å². The van der Waals surface area contributed by atoms with Crippen LogP contribution in [0.25, 0.3) is 0 Å². The lowest BCUT2D eigenvalue weighted by molar-refractivity contribution is 0.693. The molecule has 0 aliphatic rings. The number of hydrogen-bond donors (Lipinski definition) is 1. The number of nitriles is 1. The second-order valence-corrected chi connectivity index (χ2v) is 11.4. The Morgan fingerprint density at radius 2 is 1.33 bits per heavy atom. The lowest BCUT2D eigenvalue weighted by Crippen LogP contribution is -2.37. The molecule has 0 aliphatic carbocycles. The predicted octanol–water partition coefficient (Wildman–Crippen LogP) is 3.39. The van der Waals surface area contributed by atoms with Crippen LogP contribution >= 0.6 is 0 Å². The van der Waals surface area contributed by atoms with Gasteiger partial charge in [-0.3, -0.25) is 0 Å². The van der Waals surface area contributed by atoms with Crippen LogP contribution in [0.4, 0.5) is 0 Å². The summed E-state index contributed by atoms with van der Waals surface area (Å²) in [7, 11) is -1.20. The number of rotatable bonds is 5. The van der Waals surface area contributed by atoms with Gasteiger partial charge in [0.1, 0.15) is 0 Å². The molecule has 0 amide bonds. The monoisotopic (exact) mass is 294 g/mol. The minimum atomic E-state index is -1.20. The molecule has 3 heteroatoms. The van der Waals surface area contributed by atoms with Gasteiger partial charge in [0.2, 0.25) is 0 Å². The number of nitrogens with zero attached hydrogens (tertiary/aromatic N) is 1. The molecule has 0 saturated carbocycles. The highest BCUT2D eigenvalue weighted by Gasteiger charge is 2.15. The van der Waals surface area contributed by atoms with Gasteiger partial charge in [-0.25, -0.2) is 0 Å². The molecule has 0 spiro atoms. The lowest BCUT2D eigenvalue weighted by atomic mass is 10.1. The Bertz CT molecular complexity index is 616. The van der Waals surface area contributed by atoms with E-state index in [4.69, 9.17) is 5.26 Å². The van der Waals surface area contributed by atoms with Crippen LogP contribution < -0.4 is 10.5 Å². The SMILES string of the molecule is C[Si](C)(C)c1ccc(CNCc2ccc(C#N)cc2)cc1. The molecule has 0 saturated heterocycles. The molecule has 0 heterocycles. The van der Waals surface area contributed by atoms with Gasteiger partial charge in [0.25, 0.3) is 0 Å². The van der Waals surface area contributed by atoms with Crippen molar-refractivity contribution in [2.45, 2.75) is 32.7 Å². The molecule has 2 rings (SSSR count). The second kappa shape index (κ2) is 6.71. The molecule has 2 nitrogen and oxygen atoms in total. The lowest BCUT2D eigenvalue weighted by Gasteiger charge is -2.16. The van der Waals surface area contributed by atoms with E-state index in [1.165, 1.54) is 16.3 Å². The Balaban J connectivity index is 1.87. The Kier molecular flexibility index (Phi) is 4.95. The first kappa shape index (κ1) is 15.5. The van der Waals surface area contributed by atoms with E-state index >= 15 is 0 Å². The van der Waals surface area contributed by atoms with Crippen LogP contribution in [0.2, 0.25) is 19.6 Å². The van der Waals surface area contributed by atoms with Gasteiger partial charge in [0.15, 0.2) is 0 Å². The second-order valence-electron chi connectivity index (χ2n) is 6.36. The average Bonchev–Trinajstić information content (AvgIpc) is 2.47. The summed E-state index contributed by atoms with van der Waals surface area (Å²) in [5.41, 5.74) is 3.22. The van der Waals surface area contributed by atoms with Crippen molar-refractivity contribution in [3.63, 3.8) is 0 Å². The average molecular weight is 294 g/mol. The topological polar surface area (TPSA) is 35.8 Å². The summed E-state index contributed by atoms with van der Waals surface area (Å²) in [5.74, 6) is 0. The van der Waals surface area contributed by atoms with Crippen LogP contribution in [-0.4, -0.2) is 8.07 Å². The first-order chi connectivity index (χ1) is 9.99. The summed E-state index contributed by atoms with van der Waals surface area (Å²) in [6.45, 7) is 8.79. The molecule has 0 radical (unpaired) electrons. The van der Waals surface area contributed by atoms with E-state index in [1.807, 2.05) is 24.3 Å². The van der Waals surface area contributed by atoms with Crippen molar-refractivity contribution in [1.82, 2.24) is 5.32 Å². The molecule has 0 unspecified atom stereocenters. The highest BCUT2D eigenvalue weighted by atomic mass is 28.3. The normalized spacial score (nSPS) is 11.1. The Morgan fingerprint density at radius 1 is 0.857 bits per heavy atom. The van der Waals surface area contributed by atoms with Crippen molar-refractivity contribution in [3.8, 4) is 6.07 Å². The molecule has 0 fully saturated rings. The molecule has 21 heavy (non-hydrogen) atoms. The Hall–Kier alpha value is -1.89. The highest BCUT2D eigenvalue weighted by molar-refractivity contribution is 6.88. The first-order valence-electron chi connectivity index (χ1n) is 7.28. The molecule has 0 atom stereocenters. The zero-order chi connectivity index (χ0) is 15.3. The van der Waals surface area contributed by atoms with Gasteiger partial charge in [0.05, 0.1) is 19.7 Å². The summed E-state index contributed by atoms with van der Waals surface area (Å²) < 4.78 is 0. The Labute approximate surface area is 128 Å². The van der Waals surface area contributed by atoms with Crippen molar-refractivity contribution in [3.05, 3.63) is 65.2 Å². The van der Waals surface area contributed by atoms with Gasteiger partial charge >= 0.3 is 0 Å². The third-order valence-corrected chi connectivity index (χ3v) is 5.63. The van der Waals surface area contributed by atoms with Crippen LogP contribution in [-0.2, 0) is 13.1 Å². The summed E-state index contributed by atoms with van der Waals surface area (Å²) in [6.07, 6.45) is 0. The number of benzene rings is 2. The van der Waals surface area contributed by atoms with Gasteiger partial charge in [-0.15, -0.1) is 0 Å². The number of nitrogens with one attached hydrogen (secondary N) is 1. The molecule has 1 N–H and O–H groups in total. The molecular weight excluding hydrogens is 272 g/mol. The minimum absolute atomic E-state index is 0.709. The van der Waals surface area contributed by atoms with E-state index in [0.717, 1.165) is 13.1 Å². The van der Waals surface area contributed by atoms with Crippen molar-refractivity contribution in [2.24, 2.45) is 0 Å². The van der Waals surface area contributed by atoms with Gasteiger partial charge < -0.3 is 5.32 Å². The van der Waals surface area contributed by atoms with Gasteiger partial charge in [-0.1, -0.05) is 61.2 Å². The molecule has 2 aromatic carbocycles. The maximum absolute atomic E-state index is 8.77. The Morgan fingerprint density at radius 3 is 1.76 bits per heavy atom. The zero-order valence-electron chi connectivity index (χ0n) is 13.0. The van der Waals surface area contributed by atoms with Crippen LogP contribution in [0, 0.1) is 11.3 Å². The van der Waals surface area contributed by atoms with Gasteiger partial charge in [-0.05, 0) is 23.3 Å². The van der Waals surface area contributed by atoms with Crippen LogP contribution in [0.3, 0.4) is 0 Å². The number of hydrogen-bond acceptors (Lipinski definition) is 2. The summed E-state index contributed by atoms with van der Waals surface area (Å²) in [4.78, 5) is 0. The predicted molar refractivity (Wildman–Crippen MR) is 91.1 cm³/mol. The van der Waals surface area contributed by atoms with Crippen molar-refractivity contribution < 1.29 is 0 Å². The summed E-state index contributed by atoms with van der Waals surface area (Å²) in [6, 6.07) is 18.8. The fourth-order valence-electron chi connectivity index (χ4n) is 2.17. The molecule has 0 aliphatic heterocycles. The van der Waals surface area contributed by atoms with E-state index in [9.17, 15) is 0 Å². The highest BCUT2D eigenvalue weighted by Crippen LogP contribution is 2.06. The molecule has 2 aromatic rings. The molecule has 108 valence electrons. The van der Waals surface area contributed by atoms with E-state index in [0.29, 0.717) is 5.56 Å². The smallest absolute Gasteiger partial charge is 0.0991 e. The minimum Gasteiger partial charge on any atom is -0.309 e.